The van der Waals surface area contributed by atoms with Crippen LogP contribution in [0.1, 0.15) is 25.5 Å². The summed E-state index contributed by atoms with van der Waals surface area (Å²) in [6, 6.07) is 4.82. The molecular formula is C13H17FN4OS. The van der Waals surface area contributed by atoms with Crippen molar-refractivity contribution in [2.45, 2.75) is 29.9 Å². The van der Waals surface area contributed by atoms with Crippen LogP contribution >= 0.6 is 11.8 Å². The van der Waals surface area contributed by atoms with Crippen LogP contribution in [0.5, 0.6) is 0 Å². The van der Waals surface area contributed by atoms with E-state index in [1.807, 2.05) is 19.9 Å². The second kappa shape index (κ2) is 6.23. The molecule has 2 N–H and O–H groups in total. The van der Waals surface area contributed by atoms with Gasteiger partial charge in [0.25, 0.3) is 0 Å². The Hall–Kier alpha value is -1.60. The third-order valence-electron chi connectivity index (χ3n) is 3.00. The maximum absolute atomic E-state index is 14.1. The lowest BCUT2D eigenvalue weighted by Gasteiger charge is -2.17. The smallest absolute Gasteiger partial charge is 0.310 e. The molecule has 2 rings (SSSR count). The largest absolute Gasteiger partial charge is 0.343 e. The number of nitrogens with one attached hydrogen (secondary N) is 2. The number of hydrogen-bond donors (Lipinski definition) is 2. The van der Waals surface area contributed by atoms with Gasteiger partial charge < -0.3 is 5.32 Å². The Morgan fingerprint density at radius 3 is 2.90 bits per heavy atom. The van der Waals surface area contributed by atoms with Gasteiger partial charge in [0, 0.05) is 23.5 Å². The second-order valence-electron chi connectivity index (χ2n) is 4.40. The highest BCUT2D eigenvalue weighted by atomic mass is 32.2. The number of rotatable bonds is 5. The van der Waals surface area contributed by atoms with E-state index in [0.29, 0.717) is 10.7 Å². The van der Waals surface area contributed by atoms with Gasteiger partial charge >= 0.3 is 5.69 Å². The molecule has 108 valence electrons. The van der Waals surface area contributed by atoms with Gasteiger partial charge in [0.05, 0.1) is 0 Å². The number of halogens is 1. The van der Waals surface area contributed by atoms with E-state index in [9.17, 15) is 9.18 Å². The van der Waals surface area contributed by atoms with Gasteiger partial charge in [0.15, 0.2) is 5.16 Å². The monoisotopic (exact) mass is 296 g/mol. The number of nitrogens with zero attached hydrogens (tertiary/aromatic N) is 2. The van der Waals surface area contributed by atoms with E-state index in [4.69, 9.17) is 0 Å². The van der Waals surface area contributed by atoms with E-state index in [1.165, 1.54) is 22.4 Å². The summed E-state index contributed by atoms with van der Waals surface area (Å²) < 4.78 is 15.5. The summed E-state index contributed by atoms with van der Waals surface area (Å²) in [5.74, 6) is -0.260. The first-order chi connectivity index (χ1) is 9.54. The van der Waals surface area contributed by atoms with Crippen LogP contribution in [0.15, 0.2) is 33.0 Å². The first kappa shape index (κ1) is 14.8. The molecule has 2 aromatic rings. The van der Waals surface area contributed by atoms with Gasteiger partial charge in [-0.15, -0.1) is 5.10 Å². The number of H-pyrrole nitrogens is 1. The summed E-state index contributed by atoms with van der Waals surface area (Å²) in [4.78, 5) is 12.1. The summed E-state index contributed by atoms with van der Waals surface area (Å²) in [5.41, 5.74) is 0.306. The zero-order valence-electron chi connectivity index (χ0n) is 11.6. The molecule has 20 heavy (non-hydrogen) atoms. The predicted octanol–water partition coefficient (Wildman–Crippen LogP) is 2.07. The van der Waals surface area contributed by atoms with Crippen LogP contribution in [-0.4, -0.2) is 21.3 Å². The second-order valence-corrected chi connectivity index (χ2v) is 5.41. The van der Waals surface area contributed by atoms with Crippen LogP contribution in [0, 0.1) is 5.82 Å². The van der Waals surface area contributed by atoms with E-state index in [1.54, 1.807) is 13.1 Å². The first-order valence-electron chi connectivity index (χ1n) is 6.35. The number of aromatic amines is 1. The van der Waals surface area contributed by atoms with Crippen LogP contribution in [0.4, 0.5) is 4.39 Å². The third-order valence-corrected chi connectivity index (χ3v) is 4.12. The minimum absolute atomic E-state index is 0.111. The summed E-state index contributed by atoms with van der Waals surface area (Å²) in [5, 5.41) is 10.0. The lowest BCUT2D eigenvalue weighted by Crippen LogP contribution is -2.19. The molecule has 1 unspecified atom stereocenters. The minimum Gasteiger partial charge on any atom is -0.310 e. The summed E-state index contributed by atoms with van der Waals surface area (Å²) >= 11 is 1.27. The third kappa shape index (κ3) is 2.94. The summed E-state index contributed by atoms with van der Waals surface area (Å²) in [6.45, 7) is 4.64. The van der Waals surface area contributed by atoms with Crippen molar-refractivity contribution in [2.75, 3.05) is 6.54 Å². The standard InChI is InChI=1S/C13H17FN4OS/c1-4-15-8(2)11-9(14)6-5-7-10(11)20-13-17-16-12(19)18(13)3/h5-8,15H,4H2,1-3H3,(H,16,19). The summed E-state index contributed by atoms with van der Waals surface area (Å²) in [7, 11) is 1.63. The maximum atomic E-state index is 14.1. The molecule has 7 heteroatoms. The average molecular weight is 296 g/mol. The number of aromatic nitrogens is 3. The van der Waals surface area contributed by atoms with Crippen LogP contribution in [0.25, 0.3) is 0 Å². The predicted molar refractivity (Wildman–Crippen MR) is 76.4 cm³/mol. The Bertz CT molecular complexity index is 652. The van der Waals surface area contributed by atoms with Crippen molar-refractivity contribution < 1.29 is 4.39 Å². The highest BCUT2D eigenvalue weighted by Gasteiger charge is 2.17. The van der Waals surface area contributed by atoms with Gasteiger partial charge in [-0.2, -0.15) is 0 Å². The fourth-order valence-corrected chi connectivity index (χ4v) is 3.00. The van der Waals surface area contributed by atoms with E-state index in [0.717, 1.165) is 11.4 Å². The van der Waals surface area contributed by atoms with E-state index >= 15 is 0 Å². The molecule has 0 aliphatic heterocycles. The Kier molecular flexibility index (Phi) is 4.61. The Morgan fingerprint density at radius 1 is 1.55 bits per heavy atom. The molecule has 0 aliphatic carbocycles. The molecule has 0 amide bonds. The lowest BCUT2D eigenvalue weighted by atomic mass is 10.1. The average Bonchev–Trinajstić information content (AvgIpc) is 2.71. The topological polar surface area (TPSA) is 62.7 Å². The molecule has 1 aromatic heterocycles. The van der Waals surface area contributed by atoms with Crippen LogP contribution in [0.3, 0.4) is 0 Å². The molecule has 5 nitrogen and oxygen atoms in total. The highest BCUT2D eigenvalue weighted by Crippen LogP contribution is 2.33. The van der Waals surface area contributed by atoms with Gasteiger partial charge in [-0.1, -0.05) is 13.0 Å². The quantitative estimate of drug-likeness (QED) is 0.886. The molecule has 0 bridgehead atoms. The number of benzene rings is 1. The zero-order chi connectivity index (χ0) is 14.7. The maximum Gasteiger partial charge on any atom is 0.343 e. The molecule has 1 aromatic carbocycles. The molecule has 0 aliphatic rings. The Balaban J connectivity index is 2.39. The van der Waals surface area contributed by atoms with Gasteiger partial charge in [0.2, 0.25) is 0 Å². The van der Waals surface area contributed by atoms with Crippen molar-refractivity contribution in [3.8, 4) is 0 Å². The Morgan fingerprint density at radius 2 is 2.30 bits per heavy atom. The minimum atomic E-state index is -0.287. The van der Waals surface area contributed by atoms with E-state index in [-0.39, 0.29) is 17.5 Å². The van der Waals surface area contributed by atoms with Gasteiger partial charge in [-0.25, -0.2) is 14.3 Å². The molecule has 0 fully saturated rings. The zero-order valence-corrected chi connectivity index (χ0v) is 12.4. The molecule has 1 heterocycles. The van der Waals surface area contributed by atoms with Gasteiger partial charge in [0.1, 0.15) is 5.82 Å². The lowest BCUT2D eigenvalue weighted by molar-refractivity contribution is 0.531. The Labute approximate surface area is 120 Å². The van der Waals surface area contributed by atoms with E-state index < -0.39 is 0 Å². The SMILES string of the molecule is CCNC(C)c1c(F)cccc1Sc1n[nH]c(=O)n1C. The van der Waals surface area contributed by atoms with Crippen molar-refractivity contribution in [1.82, 2.24) is 20.1 Å². The van der Waals surface area contributed by atoms with Crippen LogP contribution < -0.4 is 11.0 Å². The van der Waals surface area contributed by atoms with Crippen LogP contribution in [0.2, 0.25) is 0 Å². The molecule has 0 radical (unpaired) electrons. The van der Waals surface area contributed by atoms with E-state index in [2.05, 4.69) is 15.5 Å². The normalized spacial score (nSPS) is 12.6. The van der Waals surface area contributed by atoms with Crippen molar-refractivity contribution in [3.05, 3.63) is 40.1 Å². The molecule has 0 saturated carbocycles. The molecule has 0 saturated heterocycles. The molecule has 1 atom stereocenters. The molecular weight excluding hydrogens is 279 g/mol. The molecule has 0 spiro atoms. The highest BCUT2D eigenvalue weighted by molar-refractivity contribution is 7.99. The van der Waals surface area contributed by atoms with Crippen molar-refractivity contribution in [1.29, 1.82) is 0 Å². The van der Waals surface area contributed by atoms with Crippen molar-refractivity contribution >= 4 is 11.8 Å². The van der Waals surface area contributed by atoms with Gasteiger partial charge in [-0.3, -0.25) is 4.57 Å². The fraction of sp³-hybridized carbons (Fsp3) is 0.385. The number of hydrogen-bond acceptors (Lipinski definition) is 4. The first-order valence-corrected chi connectivity index (χ1v) is 7.17. The van der Waals surface area contributed by atoms with Crippen LogP contribution in [-0.2, 0) is 7.05 Å². The fourth-order valence-electron chi connectivity index (χ4n) is 1.96. The van der Waals surface area contributed by atoms with Crippen molar-refractivity contribution in [3.63, 3.8) is 0 Å². The van der Waals surface area contributed by atoms with Crippen molar-refractivity contribution in [2.24, 2.45) is 7.05 Å². The van der Waals surface area contributed by atoms with Gasteiger partial charge in [-0.05, 0) is 37.4 Å². The summed E-state index contributed by atoms with van der Waals surface area (Å²) in [6.07, 6.45) is 0.